The summed E-state index contributed by atoms with van der Waals surface area (Å²) in [5, 5.41) is 9.43. The zero-order chi connectivity index (χ0) is 9.97. The molecule has 1 atom stereocenters. The van der Waals surface area contributed by atoms with Crippen molar-refractivity contribution in [1.29, 1.82) is 0 Å². The maximum atomic E-state index is 5.20. The van der Waals surface area contributed by atoms with Crippen LogP contribution in [0.5, 0.6) is 0 Å². The van der Waals surface area contributed by atoms with Crippen molar-refractivity contribution in [2.24, 2.45) is 0 Å². The van der Waals surface area contributed by atoms with E-state index < -0.39 is 0 Å². The van der Waals surface area contributed by atoms with E-state index in [1.54, 1.807) is 11.3 Å². The first-order valence-electron chi connectivity index (χ1n) is 4.86. The summed E-state index contributed by atoms with van der Waals surface area (Å²) < 4.78 is 0. The maximum Gasteiger partial charge on any atom is 0.167 e. The standard InChI is InChI=1S/C10H14N2S2/c1-7(9-3-2-6-14-9)11-10(13)12-8-4-5-8/h2-3,6-8H,4-5H2,1H3,(H2,11,12,13)/t7-/m0/s1. The normalized spacial score (nSPS) is 17.5. The summed E-state index contributed by atoms with van der Waals surface area (Å²) in [6.45, 7) is 2.13. The molecule has 1 fully saturated rings. The lowest BCUT2D eigenvalue weighted by Crippen LogP contribution is -2.37. The van der Waals surface area contributed by atoms with Crippen molar-refractivity contribution in [2.45, 2.75) is 31.8 Å². The van der Waals surface area contributed by atoms with Crippen LogP contribution in [0.2, 0.25) is 0 Å². The molecule has 2 nitrogen and oxygen atoms in total. The van der Waals surface area contributed by atoms with Crippen molar-refractivity contribution < 1.29 is 0 Å². The highest BCUT2D eigenvalue weighted by atomic mass is 32.1. The Morgan fingerprint density at radius 3 is 3.00 bits per heavy atom. The van der Waals surface area contributed by atoms with Gasteiger partial charge in [-0.2, -0.15) is 0 Å². The molecule has 0 unspecified atom stereocenters. The minimum absolute atomic E-state index is 0.314. The number of thiocarbonyl (C=S) groups is 1. The molecule has 0 bridgehead atoms. The van der Waals surface area contributed by atoms with Gasteiger partial charge in [-0.05, 0) is 43.4 Å². The molecule has 76 valence electrons. The Morgan fingerprint density at radius 1 is 1.64 bits per heavy atom. The molecule has 1 aliphatic carbocycles. The van der Waals surface area contributed by atoms with E-state index in [2.05, 4.69) is 35.1 Å². The number of thiophene rings is 1. The molecule has 1 aliphatic rings. The van der Waals surface area contributed by atoms with Gasteiger partial charge in [0.15, 0.2) is 5.11 Å². The lowest BCUT2D eigenvalue weighted by molar-refractivity contribution is 0.709. The molecule has 0 aromatic carbocycles. The highest BCUT2D eigenvalue weighted by molar-refractivity contribution is 7.80. The third-order valence-electron chi connectivity index (χ3n) is 2.23. The van der Waals surface area contributed by atoms with Crippen LogP contribution in [0.3, 0.4) is 0 Å². The average Bonchev–Trinajstić information content (AvgIpc) is 2.80. The first-order chi connectivity index (χ1) is 6.75. The van der Waals surface area contributed by atoms with Crippen molar-refractivity contribution in [1.82, 2.24) is 10.6 Å². The molecule has 1 heterocycles. The maximum absolute atomic E-state index is 5.20. The van der Waals surface area contributed by atoms with E-state index in [-0.39, 0.29) is 0 Å². The fourth-order valence-electron chi connectivity index (χ4n) is 1.26. The molecule has 0 saturated heterocycles. The van der Waals surface area contributed by atoms with Gasteiger partial charge >= 0.3 is 0 Å². The Labute approximate surface area is 93.7 Å². The van der Waals surface area contributed by atoms with Gasteiger partial charge in [0.1, 0.15) is 0 Å². The summed E-state index contributed by atoms with van der Waals surface area (Å²) in [5.41, 5.74) is 0. The summed E-state index contributed by atoms with van der Waals surface area (Å²) in [5.74, 6) is 0. The van der Waals surface area contributed by atoms with E-state index in [1.165, 1.54) is 17.7 Å². The summed E-state index contributed by atoms with van der Waals surface area (Å²) in [6.07, 6.45) is 2.52. The van der Waals surface area contributed by atoms with Crippen LogP contribution in [0.15, 0.2) is 17.5 Å². The van der Waals surface area contributed by atoms with Crippen LogP contribution >= 0.6 is 23.6 Å². The quantitative estimate of drug-likeness (QED) is 0.774. The predicted molar refractivity (Wildman–Crippen MR) is 64.6 cm³/mol. The number of hydrogen-bond donors (Lipinski definition) is 2. The topological polar surface area (TPSA) is 24.1 Å². The lowest BCUT2D eigenvalue weighted by Gasteiger charge is -2.15. The number of rotatable bonds is 3. The van der Waals surface area contributed by atoms with E-state index in [9.17, 15) is 0 Å². The van der Waals surface area contributed by atoms with Gasteiger partial charge < -0.3 is 10.6 Å². The molecule has 2 rings (SSSR count). The van der Waals surface area contributed by atoms with Gasteiger partial charge in [0.2, 0.25) is 0 Å². The Morgan fingerprint density at radius 2 is 2.43 bits per heavy atom. The third kappa shape index (κ3) is 2.69. The van der Waals surface area contributed by atoms with Crippen molar-refractivity contribution in [3.05, 3.63) is 22.4 Å². The molecular weight excluding hydrogens is 212 g/mol. The third-order valence-corrected chi connectivity index (χ3v) is 3.52. The molecule has 0 amide bonds. The fraction of sp³-hybridized carbons (Fsp3) is 0.500. The molecule has 1 saturated carbocycles. The summed E-state index contributed by atoms with van der Waals surface area (Å²) in [6, 6.07) is 5.14. The van der Waals surface area contributed by atoms with Gasteiger partial charge in [0.25, 0.3) is 0 Å². The highest BCUT2D eigenvalue weighted by Gasteiger charge is 2.22. The van der Waals surface area contributed by atoms with Crippen molar-refractivity contribution in [3.63, 3.8) is 0 Å². The van der Waals surface area contributed by atoms with E-state index in [0.717, 1.165) is 5.11 Å². The van der Waals surface area contributed by atoms with Gasteiger partial charge in [-0.1, -0.05) is 6.07 Å². The molecule has 0 radical (unpaired) electrons. The van der Waals surface area contributed by atoms with Gasteiger partial charge in [-0.3, -0.25) is 0 Å². The average molecular weight is 226 g/mol. The van der Waals surface area contributed by atoms with Crippen LogP contribution in [0, 0.1) is 0 Å². The molecule has 14 heavy (non-hydrogen) atoms. The van der Waals surface area contributed by atoms with E-state index in [1.807, 2.05) is 0 Å². The molecule has 0 aliphatic heterocycles. The summed E-state index contributed by atoms with van der Waals surface area (Å²) in [7, 11) is 0. The van der Waals surface area contributed by atoms with Crippen LogP contribution < -0.4 is 10.6 Å². The molecule has 2 N–H and O–H groups in total. The van der Waals surface area contributed by atoms with Gasteiger partial charge in [0.05, 0.1) is 6.04 Å². The molecule has 0 spiro atoms. The van der Waals surface area contributed by atoms with Crippen molar-refractivity contribution in [2.75, 3.05) is 0 Å². The monoisotopic (exact) mass is 226 g/mol. The van der Waals surface area contributed by atoms with Crippen molar-refractivity contribution in [3.8, 4) is 0 Å². The molecule has 4 heteroatoms. The SMILES string of the molecule is C[C@H](NC(=S)NC1CC1)c1cccs1. The largest absolute Gasteiger partial charge is 0.360 e. The predicted octanol–water partition coefficient (Wildman–Crippen LogP) is 2.44. The van der Waals surface area contributed by atoms with Gasteiger partial charge in [0, 0.05) is 10.9 Å². The molecule has 1 aromatic rings. The van der Waals surface area contributed by atoms with Gasteiger partial charge in [-0.15, -0.1) is 11.3 Å². The van der Waals surface area contributed by atoms with Crippen LogP contribution in [0.25, 0.3) is 0 Å². The first-order valence-corrected chi connectivity index (χ1v) is 6.15. The van der Waals surface area contributed by atoms with Crippen LogP contribution in [0.1, 0.15) is 30.7 Å². The summed E-state index contributed by atoms with van der Waals surface area (Å²) >= 11 is 6.96. The Balaban J connectivity index is 1.81. The second-order valence-electron chi connectivity index (χ2n) is 3.63. The zero-order valence-corrected chi connectivity index (χ0v) is 9.75. The highest BCUT2D eigenvalue weighted by Crippen LogP contribution is 2.20. The molecule has 1 aromatic heterocycles. The Kier molecular flexibility index (Phi) is 3.03. The number of hydrogen-bond acceptors (Lipinski definition) is 2. The zero-order valence-electron chi connectivity index (χ0n) is 8.12. The van der Waals surface area contributed by atoms with Crippen LogP contribution in [0.4, 0.5) is 0 Å². The minimum atomic E-state index is 0.314. The van der Waals surface area contributed by atoms with E-state index >= 15 is 0 Å². The minimum Gasteiger partial charge on any atom is -0.360 e. The van der Waals surface area contributed by atoms with Gasteiger partial charge in [-0.25, -0.2) is 0 Å². The second-order valence-corrected chi connectivity index (χ2v) is 5.02. The summed E-state index contributed by atoms with van der Waals surface area (Å²) in [4.78, 5) is 1.32. The van der Waals surface area contributed by atoms with Crippen LogP contribution in [-0.2, 0) is 0 Å². The molecular formula is C10H14N2S2. The Bertz CT molecular complexity index is 304. The smallest absolute Gasteiger partial charge is 0.167 e. The van der Waals surface area contributed by atoms with E-state index in [4.69, 9.17) is 12.2 Å². The van der Waals surface area contributed by atoms with E-state index in [0.29, 0.717) is 12.1 Å². The second kappa shape index (κ2) is 4.28. The van der Waals surface area contributed by atoms with Crippen LogP contribution in [-0.4, -0.2) is 11.2 Å². The fourth-order valence-corrected chi connectivity index (χ4v) is 2.34. The lowest BCUT2D eigenvalue weighted by atomic mass is 10.3. The Hall–Kier alpha value is -0.610. The first kappa shape index (κ1) is 9.93. The van der Waals surface area contributed by atoms with Crippen molar-refractivity contribution >= 4 is 28.7 Å². The number of nitrogens with one attached hydrogen (secondary N) is 2.